The third kappa shape index (κ3) is 4.65. The number of rotatable bonds is 7. The monoisotopic (exact) mass is 372 g/mol. The van der Waals surface area contributed by atoms with Gasteiger partial charge in [0, 0.05) is 18.1 Å². The molecule has 1 unspecified atom stereocenters. The highest BCUT2D eigenvalue weighted by atomic mass is 32.2. The van der Waals surface area contributed by atoms with Gasteiger partial charge in [-0.2, -0.15) is 0 Å². The summed E-state index contributed by atoms with van der Waals surface area (Å²) >= 11 is 1.47. The summed E-state index contributed by atoms with van der Waals surface area (Å²) in [6.45, 7) is 4.28. The molecule has 0 bridgehead atoms. The summed E-state index contributed by atoms with van der Waals surface area (Å²) in [6.07, 6.45) is 3.01. The van der Waals surface area contributed by atoms with Gasteiger partial charge >= 0.3 is 0 Å². The lowest BCUT2D eigenvalue weighted by atomic mass is 10.1. The van der Waals surface area contributed by atoms with E-state index < -0.39 is 6.10 Å². The van der Waals surface area contributed by atoms with Gasteiger partial charge in [0.1, 0.15) is 18.2 Å². The highest BCUT2D eigenvalue weighted by Crippen LogP contribution is 2.24. The van der Waals surface area contributed by atoms with Gasteiger partial charge in [0.25, 0.3) is 0 Å². The molecule has 0 radical (unpaired) electrons. The van der Waals surface area contributed by atoms with Gasteiger partial charge in [-0.05, 0) is 49.7 Å². The first kappa shape index (κ1) is 18.5. The molecule has 26 heavy (non-hydrogen) atoms. The number of aryl methyl sites for hydroxylation is 2. The number of hydrogen-bond donors (Lipinski definition) is 1. The molecule has 0 fully saturated rings. The van der Waals surface area contributed by atoms with E-state index in [-0.39, 0.29) is 12.4 Å². The maximum Gasteiger partial charge on any atom is 0.172 e. The Kier molecular flexibility index (Phi) is 5.96. The molecule has 1 N–H and O–H groups in total. The average Bonchev–Trinajstić information content (AvgIpc) is 3.08. The van der Waals surface area contributed by atoms with Crippen LogP contribution in [0.25, 0.3) is 5.69 Å². The summed E-state index contributed by atoms with van der Waals surface area (Å²) in [4.78, 5) is 4.39. The van der Waals surface area contributed by atoms with Crippen LogP contribution in [-0.2, 0) is 0 Å². The quantitative estimate of drug-likeness (QED) is 0.633. The van der Waals surface area contributed by atoms with E-state index in [4.69, 9.17) is 4.74 Å². The Hall–Kier alpha value is -2.31. The van der Waals surface area contributed by atoms with Crippen LogP contribution in [0.1, 0.15) is 11.1 Å². The van der Waals surface area contributed by atoms with Crippen LogP contribution in [0.15, 0.2) is 60.0 Å². The predicted molar refractivity (Wildman–Crippen MR) is 102 cm³/mol. The van der Waals surface area contributed by atoms with Crippen LogP contribution in [0.5, 0.6) is 5.75 Å². The number of aliphatic hydroxyl groups is 1. The molecule has 1 heterocycles. The van der Waals surface area contributed by atoms with Crippen molar-refractivity contribution in [1.29, 1.82) is 0 Å². The van der Waals surface area contributed by atoms with Gasteiger partial charge in [-0.15, -0.1) is 0 Å². The van der Waals surface area contributed by atoms with Crippen LogP contribution in [0.2, 0.25) is 0 Å². The van der Waals surface area contributed by atoms with E-state index >= 15 is 0 Å². The Balaban J connectivity index is 1.58. The molecule has 0 saturated heterocycles. The van der Waals surface area contributed by atoms with E-state index in [1.807, 2.05) is 10.8 Å². The van der Waals surface area contributed by atoms with Crippen molar-refractivity contribution in [3.05, 3.63) is 71.8 Å². The molecular formula is C20H21FN2O2S. The maximum absolute atomic E-state index is 12.9. The fraction of sp³-hybridized carbons (Fsp3) is 0.250. The minimum Gasteiger partial charge on any atom is -0.491 e. The summed E-state index contributed by atoms with van der Waals surface area (Å²) in [6, 6.07) is 12.0. The molecule has 0 aliphatic rings. The Labute approximate surface area is 156 Å². The molecule has 1 atom stereocenters. The molecule has 6 heteroatoms. The van der Waals surface area contributed by atoms with Gasteiger partial charge in [0.15, 0.2) is 5.16 Å². The molecule has 0 spiro atoms. The van der Waals surface area contributed by atoms with Gasteiger partial charge in [-0.1, -0.05) is 29.5 Å². The molecule has 4 nitrogen and oxygen atoms in total. The van der Waals surface area contributed by atoms with Crippen molar-refractivity contribution in [2.75, 3.05) is 12.4 Å². The lowest BCUT2D eigenvalue weighted by Crippen LogP contribution is -2.20. The van der Waals surface area contributed by atoms with Crippen molar-refractivity contribution in [2.45, 2.75) is 25.1 Å². The molecule has 0 aliphatic heterocycles. The lowest BCUT2D eigenvalue weighted by Gasteiger charge is -2.14. The van der Waals surface area contributed by atoms with E-state index in [0.29, 0.717) is 11.5 Å². The minimum atomic E-state index is -0.658. The highest BCUT2D eigenvalue weighted by molar-refractivity contribution is 7.99. The van der Waals surface area contributed by atoms with Crippen molar-refractivity contribution in [1.82, 2.24) is 9.55 Å². The number of benzene rings is 2. The fourth-order valence-electron chi connectivity index (χ4n) is 2.60. The first-order chi connectivity index (χ1) is 12.5. The van der Waals surface area contributed by atoms with Gasteiger partial charge in [0.2, 0.25) is 0 Å². The lowest BCUT2D eigenvalue weighted by molar-refractivity contribution is 0.126. The zero-order chi connectivity index (χ0) is 18.5. The number of nitrogens with zero attached hydrogens (tertiary/aromatic N) is 2. The summed E-state index contributed by atoms with van der Waals surface area (Å²) in [5.74, 6) is 0.669. The van der Waals surface area contributed by atoms with E-state index in [2.05, 4.69) is 37.0 Å². The van der Waals surface area contributed by atoms with Crippen molar-refractivity contribution in [2.24, 2.45) is 0 Å². The summed E-state index contributed by atoms with van der Waals surface area (Å²) in [5.41, 5.74) is 3.46. The summed E-state index contributed by atoms with van der Waals surface area (Å²) in [7, 11) is 0. The number of ether oxygens (including phenoxy) is 1. The zero-order valence-corrected chi connectivity index (χ0v) is 15.5. The number of aliphatic hydroxyl groups excluding tert-OH is 1. The van der Waals surface area contributed by atoms with Crippen molar-refractivity contribution < 1.29 is 14.2 Å². The van der Waals surface area contributed by atoms with Crippen LogP contribution < -0.4 is 4.74 Å². The van der Waals surface area contributed by atoms with Crippen molar-refractivity contribution >= 4 is 11.8 Å². The van der Waals surface area contributed by atoms with Gasteiger partial charge in [-0.25, -0.2) is 9.37 Å². The molecule has 2 aromatic carbocycles. The second-order valence-corrected chi connectivity index (χ2v) is 7.09. The standard InChI is InChI=1S/C20H21FN2O2S/c1-14-3-8-19(15(2)11-14)23-10-9-22-20(23)26-13-17(24)12-25-18-6-4-16(21)5-7-18/h3-11,17,24H,12-13H2,1-2H3. The Morgan fingerprint density at radius 2 is 1.96 bits per heavy atom. The third-order valence-corrected chi connectivity index (χ3v) is 4.99. The van der Waals surface area contributed by atoms with Gasteiger partial charge < -0.3 is 9.84 Å². The fourth-order valence-corrected chi connectivity index (χ4v) is 3.47. The van der Waals surface area contributed by atoms with Crippen LogP contribution >= 0.6 is 11.8 Å². The number of hydrogen-bond acceptors (Lipinski definition) is 4. The largest absolute Gasteiger partial charge is 0.491 e. The van der Waals surface area contributed by atoms with Crippen LogP contribution in [0.3, 0.4) is 0 Å². The Morgan fingerprint density at radius 3 is 2.69 bits per heavy atom. The van der Waals surface area contributed by atoms with E-state index in [1.54, 1.807) is 18.3 Å². The molecule has 1 aromatic heterocycles. The van der Waals surface area contributed by atoms with Crippen molar-refractivity contribution in [3.8, 4) is 11.4 Å². The second-order valence-electron chi connectivity index (χ2n) is 6.10. The molecule has 3 rings (SSSR count). The average molecular weight is 372 g/mol. The second kappa shape index (κ2) is 8.38. The molecule has 3 aromatic rings. The summed E-state index contributed by atoms with van der Waals surface area (Å²) in [5, 5.41) is 11.0. The topological polar surface area (TPSA) is 47.3 Å². The van der Waals surface area contributed by atoms with E-state index in [9.17, 15) is 9.50 Å². The van der Waals surface area contributed by atoms with Gasteiger partial charge in [-0.3, -0.25) is 4.57 Å². The van der Waals surface area contributed by atoms with Crippen molar-refractivity contribution in [3.63, 3.8) is 0 Å². The Morgan fingerprint density at radius 1 is 1.19 bits per heavy atom. The normalized spacial score (nSPS) is 12.2. The third-order valence-electron chi connectivity index (χ3n) is 3.88. The molecule has 0 aliphatic carbocycles. The SMILES string of the molecule is Cc1ccc(-n2ccnc2SCC(O)COc2ccc(F)cc2)c(C)c1. The summed E-state index contributed by atoms with van der Waals surface area (Å²) < 4.78 is 20.4. The van der Waals surface area contributed by atoms with E-state index in [0.717, 1.165) is 10.8 Å². The number of thioether (sulfide) groups is 1. The van der Waals surface area contributed by atoms with E-state index in [1.165, 1.54) is 35.0 Å². The van der Waals surface area contributed by atoms with Gasteiger partial charge in [0.05, 0.1) is 11.8 Å². The minimum absolute atomic E-state index is 0.142. The molecule has 136 valence electrons. The smallest absolute Gasteiger partial charge is 0.172 e. The molecular weight excluding hydrogens is 351 g/mol. The highest BCUT2D eigenvalue weighted by Gasteiger charge is 2.12. The molecule has 0 amide bonds. The zero-order valence-electron chi connectivity index (χ0n) is 14.7. The Bertz CT molecular complexity index is 865. The first-order valence-electron chi connectivity index (χ1n) is 8.33. The molecule has 0 saturated carbocycles. The predicted octanol–water partition coefficient (Wildman–Crippen LogP) is 4.16. The number of imidazole rings is 1. The van der Waals surface area contributed by atoms with Crippen LogP contribution in [0, 0.1) is 19.7 Å². The maximum atomic E-state index is 12.9. The van der Waals surface area contributed by atoms with Crippen LogP contribution in [0.4, 0.5) is 4.39 Å². The number of aromatic nitrogens is 2. The number of halogens is 1. The first-order valence-corrected chi connectivity index (χ1v) is 9.31. The van der Waals surface area contributed by atoms with Crippen LogP contribution in [-0.4, -0.2) is 33.1 Å².